The van der Waals surface area contributed by atoms with Crippen molar-refractivity contribution >= 4 is 23.2 Å². The molecule has 0 radical (unpaired) electrons. The fourth-order valence-electron chi connectivity index (χ4n) is 1.25. The van der Waals surface area contributed by atoms with Gasteiger partial charge in [-0.3, -0.25) is 0 Å². The highest BCUT2D eigenvalue weighted by atomic mass is 35.5. The Balaban J connectivity index is 2.64. The van der Waals surface area contributed by atoms with Gasteiger partial charge in [0, 0.05) is 5.56 Å². The first-order valence-corrected chi connectivity index (χ1v) is 4.24. The summed E-state index contributed by atoms with van der Waals surface area (Å²) in [6, 6.07) is 3.31. The van der Waals surface area contributed by atoms with Crippen molar-refractivity contribution in [1.29, 1.82) is 0 Å². The first-order valence-electron chi connectivity index (χ1n) is 3.49. The largest absolute Gasteiger partial charge is 0.489 e. The van der Waals surface area contributed by atoms with E-state index in [9.17, 15) is 5.11 Å². The molecule has 2 rings (SSSR count). The van der Waals surface area contributed by atoms with Crippen LogP contribution in [0.3, 0.4) is 0 Å². The first-order chi connectivity index (χ1) is 5.70. The van der Waals surface area contributed by atoms with Gasteiger partial charge in [0.05, 0.1) is 10.0 Å². The summed E-state index contributed by atoms with van der Waals surface area (Å²) in [6.07, 6.45) is -0.647. The highest BCUT2D eigenvalue weighted by Crippen LogP contribution is 2.42. The van der Waals surface area contributed by atoms with E-state index in [-0.39, 0.29) is 6.61 Å². The van der Waals surface area contributed by atoms with Crippen LogP contribution in [-0.2, 0) is 0 Å². The Labute approximate surface area is 79.7 Å². The Bertz CT molecular complexity index is 325. The molecule has 0 aliphatic carbocycles. The first kappa shape index (κ1) is 8.17. The molecule has 1 N–H and O–H groups in total. The molecule has 64 valence electrons. The standard InChI is InChI=1S/C8H6Cl2O2/c9-4-1-2-5(10)8-7(4)6(11)3-12-8/h1-2,6,11H,3H2. The molecule has 0 saturated carbocycles. The maximum Gasteiger partial charge on any atom is 0.145 e. The minimum absolute atomic E-state index is 0.235. The average Bonchev–Trinajstić information content (AvgIpc) is 2.42. The Kier molecular flexibility index (Phi) is 1.91. The lowest BCUT2D eigenvalue weighted by Gasteiger charge is -2.03. The van der Waals surface area contributed by atoms with Crippen LogP contribution in [0.1, 0.15) is 11.7 Å². The van der Waals surface area contributed by atoms with Crippen molar-refractivity contribution < 1.29 is 9.84 Å². The third-order valence-corrected chi connectivity index (χ3v) is 2.44. The topological polar surface area (TPSA) is 29.5 Å². The van der Waals surface area contributed by atoms with Crippen molar-refractivity contribution in [2.24, 2.45) is 0 Å². The van der Waals surface area contributed by atoms with Gasteiger partial charge in [-0.1, -0.05) is 23.2 Å². The Morgan fingerprint density at radius 1 is 1.33 bits per heavy atom. The zero-order chi connectivity index (χ0) is 8.72. The average molecular weight is 205 g/mol. The lowest BCUT2D eigenvalue weighted by Crippen LogP contribution is -1.97. The van der Waals surface area contributed by atoms with Gasteiger partial charge in [0.2, 0.25) is 0 Å². The summed E-state index contributed by atoms with van der Waals surface area (Å²) in [5.41, 5.74) is 0.601. The van der Waals surface area contributed by atoms with Crippen LogP contribution in [0.2, 0.25) is 10.0 Å². The van der Waals surface area contributed by atoms with Crippen LogP contribution < -0.4 is 4.74 Å². The van der Waals surface area contributed by atoms with Crippen LogP contribution in [0.5, 0.6) is 5.75 Å². The number of hydrogen-bond acceptors (Lipinski definition) is 2. The van der Waals surface area contributed by atoms with Crippen molar-refractivity contribution in [2.75, 3.05) is 6.61 Å². The molecule has 0 fully saturated rings. The maximum absolute atomic E-state index is 9.42. The molecule has 1 heterocycles. The van der Waals surface area contributed by atoms with E-state index < -0.39 is 6.10 Å². The van der Waals surface area contributed by atoms with E-state index in [0.717, 1.165) is 0 Å². The molecule has 0 bridgehead atoms. The zero-order valence-electron chi connectivity index (χ0n) is 6.05. The molecule has 1 aromatic rings. The number of aliphatic hydroxyl groups is 1. The van der Waals surface area contributed by atoms with E-state index >= 15 is 0 Å². The number of halogens is 2. The minimum Gasteiger partial charge on any atom is -0.489 e. The van der Waals surface area contributed by atoms with E-state index in [1.165, 1.54) is 0 Å². The maximum atomic E-state index is 9.42. The van der Waals surface area contributed by atoms with Crippen molar-refractivity contribution in [3.63, 3.8) is 0 Å². The van der Waals surface area contributed by atoms with Crippen LogP contribution >= 0.6 is 23.2 Å². The Hall–Kier alpha value is -0.440. The molecule has 12 heavy (non-hydrogen) atoms. The number of benzene rings is 1. The summed E-state index contributed by atoms with van der Waals surface area (Å²) in [7, 11) is 0. The van der Waals surface area contributed by atoms with Gasteiger partial charge in [-0.25, -0.2) is 0 Å². The van der Waals surface area contributed by atoms with Gasteiger partial charge in [-0.2, -0.15) is 0 Å². The fraction of sp³-hybridized carbons (Fsp3) is 0.250. The van der Waals surface area contributed by atoms with E-state index in [1.807, 2.05) is 0 Å². The summed E-state index contributed by atoms with van der Waals surface area (Å²) >= 11 is 11.7. The normalized spacial score (nSPS) is 20.4. The molecule has 0 saturated heterocycles. The van der Waals surface area contributed by atoms with E-state index in [0.29, 0.717) is 21.4 Å². The van der Waals surface area contributed by atoms with Crippen LogP contribution in [0.25, 0.3) is 0 Å². The Morgan fingerprint density at radius 2 is 2.00 bits per heavy atom. The molecule has 0 aromatic heterocycles. The van der Waals surface area contributed by atoms with Crippen molar-refractivity contribution in [2.45, 2.75) is 6.10 Å². The van der Waals surface area contributed by atoms with Gasteiger partial charge in [0.15, 0.2) is 0 Å². The van der Waals surface area contributed by atoms with Gasteiger partial charge in [-0.05, 0) is 12.1 Å². The minimum atomic E-state index is -0.647. The van der Waals surface area contributed by atoms with E-state index in [2.05, 4.69) is 0 Å². The number of rotatable bonds is 0. The molecular weight excluding hydrogens is 199 g/mol. The second kappa shape index (κ2) is 2.80. The molecule has 4 heteroatoms. The van der Waals surface area contributed by atoms with Crippen molar-refractivity contribution in [3.8, 4) is 5.75 Å². The van der Waals surface area contributed by atoms with Gasteiger partial charge in [0.25, 0.3) is 0 Å². The smallest absolute Gasteiger partial charge is 0.145 e. The number of aliphatic hydroxyl groups excluding tert-OH is 1. The second-order valence-corrected chi connectivity index (χ2v) is 3.41. The highest BCUT2D eigenvalue weighted by Gasteiger charge is 2.26. The summed E-state index contributed by atoms with van der Waals surface area (Å²) in [5, 5.41) is 10.4. The Morgan fingerprint density at radius 3 is 2.67 bits per heavy atom. The molecule has 1 aliphatic rings. The molecule has 0 spiro atoms. The molecule has 1 aliphatic heterocycles. The predicted molar refractivity (Wildman–Crippen MR) is 46.9 cm³/mol. The highest BCUT2D eigenvalue weighted by molar-refractivity contribution is 6.35. The fourth-order valence-corrected chi connectivity index (χ4v) is 1.75. The van der Waals surface area contributed by atoms with Crippen molar-refractivity contribution in [1.82, 2.24) is 0 Å². The number of hydrogen-bond donors (Lipinski definition) is 1. The second-order valence-electron chi connectivity index (χ2n) is 2.60. The van der Waals surface area contributed by atoms with E-state index in [4.69, 9.17) is 27.9 Å². The van der Waals surface area contributed by atoms with Crippen LogP contribution in [-0.4, -0.2) is 11.7 Å². The SMILES string of the molecule is OC1COc2c(Cl)ccc(Cl)c21. The van der Waals surface area contributed by atoms with Gasteiger partial charge >= 0.3 is 0 Å². The molecular formula is C8H6Cl2O2. The number of ether oxygens (including phenoxy) is 1. The van der Waals surface area contributed by atoms with Crippen LogP contribution in [0.4, 0.5) is 0 Å². The molecule has 1 atom stereocenters. The summed E-state index contributed by atoms with van der Waals surface area (Å²) in [6.45, 7) is 0.235. The van der Waals surface area contributed by atoms with Gasteiger partial charge in [0.1, 0.15) is 18.5 Å². The van der Waals surface area contributed by atoms with Crippen LogP contribution in [0.15, 0.2) is 12.1 Å². The predicted octanol–water partition coefficient (Wildman–Crippen LogP) is 2.42. The van der Waals surface area contributed by atoms with Crippen LogP contribution in [0, 0.1) is 0 Å². The molecule has 1 aromatic carbocycles. The lowest BCUT2D eigenvalue weighted by molar-refractivity contribution is 0.140. The van der Waals surface area contributed by atoms with Crippen molar-refractivity contribution in [3.05, 3.63) is 27.7 Å². The molecule has 1 unspecified atom stereocenters. The van der Waals surface area contributed by atoms with Gasteiger partial charge in [-0.15, -0.1) is 0 Å². The lowest BCUT2D eigenvalue weighted by atomic mass is 10.1. The molecule has 0 amide bonds. The number of fused-ring (bicyclic) bond motifs is 1. The molecule has 2 nitrogen and oxygen atoms in total. The summed E-state index contributed by atoms with van der Waals surface area (Å²) < 4.78 is 5.16. The quantitative estimate of drug-likeness (QED) is 0.704. The monoisotopic (exact) mass is 204 g/mol. The summed E-state index contributed by atoms with van der Waals surface area (Å²) in [5.74, 6) is 0.511. The third-order valence-electron chi connectivity index (χ3n) is 1.81. The zero-order valence-corrected chi connectivity index (χ0v) is 7.56. The van der Waals surface area contributed by atoms with E-state index in [1.54, 1.807) is 12.1 Å². The summed E-state index contributed by atoms with van der Waals surface area (Å²) in [4.78, 5) is 0. The third kappa shape index (κ3) is 1.07. The van der Waals surface area contributed by atoms with Gasteiger partial charge < -0.3 is 9.84 Å².